The smallest absolute Gasteiger partial charge is 0.340 e. The van der Waals surface area contributed by atoms with E-state index in [2.05, 4.69) is 20.9 Å². The van der Waals surface area contributed by atoms with E-state index >= 15 is 0 Å². The molecule has 0 fully saturated rings. The molecular formula is C10H11BrF2N2O2. The average molecular weight is 309 g/mol. The highest BCUT2D eigenvalue weighted by Gasteiger charge is 2.21. The summed E-state index contributed by atoms with van der Waals surface area (Å²) in [5, 5.41) is 0.176. The summed E-state index contributed by atoms with van der Waals surface area (Å²) < 4.78 is 29.9. The molecular weight excluding hydrogens is 298 g/mol. The van der Waals surface area contributed by atoms with Gasteiger partial charge in [0.1, 0.15) is 5.69 Å². The average Bonchev–Trinajstić information content (AvgIpc) is 2.28. The van der Waals surface area contributed by atoms with Crippen LogP contribution >= 0.6 is 15.9 Å². The number of pyridine rings is 1. The van der Waals surface area contributed by atoms with Crippen molar-refractivity contribution in [3.05, 3.63) is 23.0 Å². The van der Waals surface area contributed by atoms with Crippen LogP contribution in [0.2, 0.25) is 0 Å². The Bertz CT molecular complexity index is 427. The molecule has 1 rings (SSSR count). The number of nitrogens with two attached hydrogens (primary N) is 1. The number of aromatic nitrogens is 1. The van der Waals surface area contributed by atoms with Crippen molar-refractivity contribution in [3.8, 4) is 0 Å². The molecule has 1 aromatic heterocycles. The Morgan fingerprint density at radius 3 is 2.76 bits per heavy atom. The Morgan fingerprint density at radius 1 is 1.65 bits per heavy atom. The number of carbonyl (C=O) groups excluding carboxylic acids is 1. The molecule has 0 saturated heterocycles. The minimum Gasteiger partial charge on any atom is -0.462 e. The monoisotopic (exact) mass is 308 g/mol. The second-order valence-electron chi connectivity index (χ2n) is 3.10. The number of nitrogens with zero attached hydrogens (tertiary/aromatic N) is 1. The molecule has 1 heterocycles. The third-order valence-electron chi connectivity index (χ3n) is 2.09. The van der Waals surface area contributed by atoms with Gasteiger partial charge in [0.05, 0.1) is 17.9 Å². The summed E-state index contributed by atoms with van der Waals surface area (Å²) in [6.45, 7) is 1.84. The number of alkyl halides is 3. The summed E-state index contributed by atoms with van der Waals surface area (Å²) in [6.07, 6.45) is -1.71. The van der Waals surface area contributed by atoms with E-state index in [1.807, 2.05) is 0 Å². The Hall–Kier alpha value is -1.24. The van der Waals surface area contributed by atoms with Gasteiger partial charge in [-0.05, 0) is 6.92 Å². The highest BCUT2D eigenvalue weighted by molar-refractivity contribution is 9.08. The second-order valence-corrected chi connectivity index (χ2v) is 3.66. The normalized spacial score (nSPS) is 10.6. The van der Waals surface area contributed by atoms with E-state index < -0.39 is 18.1 Å². The molecule has 7 heteroatoms. The highest BCUT2D eigenvalue weighted by atomic mass is 79.9. The lowest BCUT2D eigenvalue weighted by molar-refractivity contribution is 0.0524. The molecule has 0 spiro atoms. The summed E-state index contributed by atoms with van der Waals surface area (Å²) >= 11 is 3.10. The van der Waals surface area contributed by atoms with Crippen molar-refractivity contribution in [1.29, 1.82) is 0 Å². The van der Waals surface area contributed by atoms with Crippen LogP contribution in [0.5, 0.6) is 0 Å². The molecule has 0 aromatic carbocycles. The number of ether oxygens (including phenoxy) is 1. The molecule has 2 N–H and O–H groups in total. The number of esters is 1. The first-order valence-electron chi connectivity index (χ1n) is 4.81. The number of carbonyl (C=O) groups is 1. The lowest BCUT2D eigenvalue weighted by atomic mass is 10.1. The SMILES string of the molecule is CCOC(=O)c1cnc(C(F)F)c(N)c1CBr. The van der Waals surface area contributed by atoms with Crippen LogP contribution in [0.25, 0.3) is 0 Å². The van der Waals surface area contributed by atoms with Gasteiger partial charge in [0, 0.05) is 17.1 Å². The maximum Gasteiger partial charge on any atom is 0.340 e. The summed E-state index contributed by atoms with van der Waals surface area (Å²) in [5.41, 5.74) is 5.22. The van der Waals surface area contributed by atoms with E-state index in [1.165, 1.54) is 0 Å². The second kappa shape index (κ2) is 5.90. The molecule has 0 bridgehead atoms. The standard InChI is InChI=1S/C10H11BrF2N2O2/c1-2-17-10(16)6-4-15-8(9(12)13)7(14)5(6)3-11/h4,9H,2-3,14H2,1H3. The van der Waals surface area contributed by atoms with Gasteiger partial charge in [-0.25, -0.2) is 13.6 Å². The molecule has 0 atom stereocenters. The predicted molar refractivity (Wildman–Crippen MR) is 62.2 cm³/mol. The van der Waals surface area contributed by atoms with E-state index in [0.717, 1.165) is 6.20 Å². The van der Waals surface area contributed by atoms with Gasteiger partial charge in [0.25, 0.3) is 6.43 Å². The fourth-order valence-electron chi connectivity index (χ4n) is 1.28. The van der Waals surface area contributed by atoms with E-state index in [4.69, 9.17) is 10.5 Å². The van der Waals surface area contributed by atoms with E-state index in [0.29, 0.717) is 0 Å². The first-order valence-corrected chi connectivity index (χ1v) is 5.93. The van der Waals surface area contributed by atoms with Crippen molar-refractivity contribution in [2.45, 2.75) is 18.7 Å². The molecule has 0 aliphatic rings. The maximum atomic E-state index is 12.6. The van der Waals surface area contributed by atoms with Crippen molar-refractivity contribution >= 4 is 27.6 Å². The Morgan fingerprint density at radius 2 is 2.29 bits per heavy atom. The fourth-order valence-corrected chi connectivity index (χ4v) is 1.89. The van der Waals surface area contributed by atoms with Crippen LogP contribution < -0.4 is 5.73 Å². The molecule has 0 amide bonds. The van der Waals surface area contributed by atoms with Gasteiger partial charge in [0.2, 0.25) is 0 Å². The molecule has 94 valence electrons. The van der Waals surface area contributed by atoms with Gasteiger partial charge >= 0.3 is 5.97 Å². The quantitative estimate of drug-likeness (QED) is 0.686. The number of rotatable bonds is 4. The van der Waals surface area contributed by atoms with Crippen molar-refractivity contribution < 1.29 is 18.3 Å². The van der Waals surface area contributed by atoms with Crippen LogP contribution in [0.4, 0.5) is 14.5 Å². The van der Waals surface area contributed by atoms with E-state index in [-0.39, 0.29) is 28.8 Å². The van der Waals surface area contributed by atoms with E-state index in [1.54, 1.807) is 6.92 Å². The van der Waals surface area contributed by atoms with Crippen molar-refractivity contribution in [1.82, 2.24) is 4.98 Å². The maximum absolute atomic E-state index is 12.6. The lowest BCUT2D eigenvalue weighted by Crippen LogP contribution is -2.12. The topological polar surface area (TPSA) is 65.2 Å². The van der Waals surface area contributed by atoms with Gasteiger partial charge in [-0.15, -0.1) is 0 Å². The molecule has 0 unspecified atom stereocenters. The van der Waals surface area contributed by atoms with Gasteiger partial charge in [0.15, 0.2) is 0 Å². The van der Waals surface area contributed by atoms with Crippen molar-refractivity contribution in [2.75, 3.05) is 12.3 Å². The van der Waals surface area contributed by atoms with Gasteiger partial charge < -0.3 is 10.5 Å². The minimum atomic E-state index is -2.77. The summed E-state index contributed by atoms with van der Waals surface area (Å²) in [5.74, 6) is -0.623. The number of anilines is 1. The molecule has 0 aliphatic carbocycles. The van der Waals surface area contributed by atoms with Crippen LogP contribution in [0, 0.1) is 0 Å². The zero-order valence-electron chi connectivity index (χ0n) is 9.04. The van der Waals surface area contributed by atoms with E-state index in [9.17, 15) is 13.6 Å². The minimum absolute atomic E-state index is 0.102. The summed E-state index contributed by atoms with van der Waals surface area (Å²) in [7, 11) is 0. The molecule has 0 aliphatic heterocycles. The first-order chi connectivity index (χ1) is 8.02. The number of hydrogen-bond donors (Lipinski definition) is 1. The lowest BCUT2D eigenvalue weighted by Gasteiger charge is -2.12. The number of halogens is 3. The summed E-state index contributed by atoms with van der Waals surface area (Å²) in [4.78, 5) is 15.0. The highest BCUT2D eigenvalue weighted by Crippen LogP contribution is 2.29. The number of nitrogen functional groups attached to an aromatic ring is 1. The molecule has 17 heavy (non-hydrogen) atoms. The zero-order valence-corrected chi connectivity index (χ0v) is 10.6. The van der Waals surface area contributed by atoms with Gasteiger partial charge in [-0.3, -0.25) is 4.98 Å². The van der Waals surface area contributed by atoms with Crippen LogP contribution in [0.1, 0.15) is 35.0 Å². The predicted octanol–water partition coefficient (Wildman–Crippen LogP) is 2.67. The third-order valence-corrected chi connectivity index (χ3v) is 2.66. The van der Waals surface area contributed by atoms with Crippen molar-refractivity contribution in [3.63, 3.8) is 0 Å². The Labute approximate surface area is 105 Å². The molecule has 0 saturated carbocycles. The summed E-state index contributed by atoms with van der Waals surface area (Å²) in [6, 6.07) is 0. The zero-order chi connectivity index (χ0) is 13.0. The van der Waals surface area contributed by atoms with Crippen LogP contribution in [-0.4, -0.2) is 17.6 Å². The Kier molecular flexibility index (Phi) is 4.80. The van der Waals surface area contributed by atoms with Gasteiger partial charge in [-0.1, -0.05) is 15.9 Å². The van der Waals surface area contributed by atoms with Crippen LogP contribution in [0.15, 0.2) is 6.20 Å². The van der Waals surface area contributed by atoms with Crippen LogP contribution in [0.3, 0.4) is 0 Å². The largest absolute Gasteiger partial charge is 0.462 e. The third kappa shape index (κ3) is 2.91. The molecule has 0 radical (unpaired) electrons. The number of hydrogen-bond acceptors (Lipinski definition) is 4. The van der Waals surface area contributed by atoms with Crippen molar-refractivity contribution in [2.24, 2.45) is 0 Å². The first kappa shape index (κ1) is 13.8. The van der Waals surface area contributed by atoms with Gasteiger partial charge in [-0.2, -0.15) is 0 Å². The van der Waals surface area contributed by atoms with Crippen LogP contribution in [-0.2, 0) is 10.1 Å². The molecule has 4 nitrogen and oxygen atoms in total. The fraction of sp³-hybridized carbons (Fsp3) is 0.400. The Balaban J connectivity index is 3.25. The molecule has 1 aromatic rings.